The molecule has 0 atom stereocenters. The van der Waals surface area contributed by atoms with Gasteiger partial charge in [-0.2, -0.15) is 0 Å². The Morgan fingerprint density at radius 1 is 1.39 bits per heavy atom. The van der Waals surface area contributed by atoms with Crippen molar-refractivity contribution in [3.63, 3.8) is 0 Å². The van der Waals surface area contributed by atoms with Crippen LogP contribution < -0.4 is 0 Å². The van der Waals surface area contributed by atoms with Gasteiger partial charge in [0.2, 0.25) is 0 Å². The van der Waals surface area contributed by atoms with Gasteiger partial charge in [0.25, 0.3) is 0 Å². The Labute approximate surface area is 107 Å². The van der Waals surface area contributed by atoms with Crippen LogP contribution >= 0.6 is 0 Å². The van der Waals surface area contributed by atoms with Crippen LogP contribution in [0.25, 0.3) is 0 Å². The zero-order chi connectivity index (χ0) is 13.6. The second-order valence-electron chi connectivity index (χ2n) is 5.43. The van der Waals surface area contributed by atoms with Crippen molar-refractivity contribution in [3.8, 4) is 0 Å². The number of rotatable bonds is 4. The molecule has 0 amide bonds. The second kappa shape index (κ2) is 4.31. The monoisotopic (exact) mass is 272 g/mol. The Kier molecular flexibility index (Phi) is 3.23. The smallest absolute Gasteiger partial charge is 0.184 e. The summed E-state index contributed by atoms with van der Waals surface area (Å²) in [5.41, 5.74) is 0.0140. The summed E-state index contributed by atoms with van der Waals surface area (Å²) >= 11 is 0. The lowest BCUT2D eigenvalue weighted by Gasteiger charge is -2.22. The van der Waals surface area contributed by atoms with Crippen LogP contribution in [-0.2, 0) is 15.3 Å². The standard InChI is InChI=1S/C13H17FO3S/c1-13(2,8-15)9-3-6-12(11(14)7-9)18(16,17)10-4-5-10/h3,6-7,10,15H,4-5,8H2,1-2H3. The van der Waals surface area contributed by atoms with E-state index in [1.807, 2.05) is 0 Å². The molecule has 0 heterocycles. The quantitative estimate of drug-likeness (QED) is 0.912. The van der Waals surface area contributed by atoms with Gasteiger partial charge in [-0.25, -0.2) is 12.8 Å². The molecule has 0 radical (unpaired) electrons. The molecule has 5 heteroatoms. The topological polar surface area (TPSA) is 54.4 Å². The van der Waals surface area contributed by atoms with E-state index in [1.54, 1.807) is 19.9 Å². The lowest BCUT2D eigenvalue weighted by molar-refractivity contribution is 0.218. The lowest BCUT2D eigenvalue weighted by Crippen LogP contribution is -2.22. The normalized spacial score (nSPS) is 16.9. The van der Waals surface area contributed by atoms with Crippen molar-refractivity contribution in [2.24, 2.45) is 0 Å². The highest BCUT2D eigenvalue weighted by Crippen LogP contribution is 2.35. The predicted molar refractivity (Wildman–Crippen MR) is 66.7 cm³/mol. The summed E-state index contributed by atoms with van der Waals surface area (Å²) in [7, 11) is -3.50. The summed E-state index contributed by atoms with van der Waals surface area (Å²) in [6.07, 6.45) is 1.23. The number of halogens is 1. The third kappa shape index (κ3) is 2.29. The number of aliphatic hydroxyl groups is 1. The highest BCUT2D eigenvalue weighted by molar-refractivity contribution is 7.92. The average Bonchev–Trinajstić information content (AvgIpc) is 3.12. The first kappa shape index (κ1) is 13.5. The van der Waals surface area contributed by atoms with Gasteiger partial charge >= 0.3 is 0 Å². The lowest BCUT2D eigenvalue weighted by atomic mass is 9.86. The van der Waals surface area contributed by atoms with Gasteiger partial charge in [0.1, 0.15) is 10.7 Å². The zero-order valence-corrected chi connectivity index (χ0v) is 11.3. The van der Waals surface area contributed by atoms with E-state index in [9.17, 15) is 17.9 Å². The average molecular weight is 272 g/mol. The fourth-order valence-corrected chi connectivity index (χ4v) is 3.51. The van der Waals surface area contributed by atoms with E-state index >= 15 is 0 Å². The summed E-state index contributed by atoms with van der Waals surface area (Å²) in [5, 5.41) is 8.81. The molecule has 0 aromatic heterocycles. The fraction of sp³-hybridized carbons (Fsp3) is 0.538. The van der Waals surface area contributed by atoms with Gasteiger partial charge in [-0.05, 0) is 30.5 Å². The highest BCUT2D eigenvalue weighted by atomic mass is 32.2. The van der Waals surface area contributed by atoms with Gasteiger partial charge in [0.15, 0.2) is 9.84 Å². The van der Waals surface area contributed by atoms with Crippen LogP contribution in [0.15, 0.2) is 23.1 Å². The molecule has 0 saturated heterocycles. The molecule has 1 aromatic carbocycles. The minimum absolute atomic E-state index is 0.124. The van der Waals surface area contributed by atoms with Gasteiger partial charge in [0, 0.05) is 5.41 Å². The SMILES string of the molecule is CC(C)(CO)c1ccc(S(=O)(=O)C2CC2)c(F)c1. The minimum Gasteiger partial charge on any atom is -0.395 e. The number of aliphatic hydroxyl groups excluding tert-OH is 1. The van der Waals surface area contributed by atoms with Gasteiger partial charge < -0.3 is 5.11 Å². The molecule has 1 fully saturated rings. The third-order valence-electron chi connectivity index (χ3n) is 3.38. The van der Waals surface area contributed by atoms with Crippen molar-refractivity contribution in [3.05, 3.63) is 29.6 Å². The molecule has 1 N–H and O–H groups in total. The van der Waals surface area contributed by atoms with Gasteiger partial charge in [-0.3, -0.25) is 0 Å². The molecule has 1 aromatic rings. The Balaban J connectivity index is 2.43. The maximum absolute atomic E-state index is 13.9. The largest absolute Gasteiger partial charge is 0.395 e. The molecule has 100 valence electrons. The molecule has 0 unspecified atom stereocenters. The van der Waals surface area contributed by atoms with E-state index in [-0.39, 0.29) is 11.5 Å². The van der Waals surface area contributed by atoms with E-state index < -0.39 is 26.3 Å². The van der Waals surface area contributed by atoms with Crippen molar-refractivity contribution in [2.75, 3.05) is 6.61 Å². The molecule has 0 spiro atoms. The van der Waals surface area contributed by atoms with E-state index in [4.69, 9.17) is 0 Å². The van der Waals surface area contributed by atoms with Crippen LogP contribution in [0.3, 0.4) is 0 Å². The van der Waals surface area contributed by atoms with Crippen LogP contribution in [0, 0.1) is 5.82 Å². The van der Waals surface area contributed by atoms with Crippen LogP contribution in [0.4, 0.5) is 4.39 Å². The Hall–Kier alpha value is -0.940. The fourth-order valence-electron chi connectivity index (χ4n) is 1.80. The number of sulfone groups is 1. The molecule has 1 saturated carbocycles. The van der Waals surface area contributed by atoms with E-state index in [0.29, 0.717) is 18.4 Å². The molecule has 0 bridgehead atoms. The van der Waals surface area contributed by atoms with E-state index in [1.165, 1.54) is 12.1 Å². The molecule has 3 nitrogen and oxygen atoms in total. The van der Waals surface area contributed by atoms with Crippen LogP contribution in [0.5, 0.6) is 0 Å². The van der Waals surface area contributed by atoms with E-state index in [2.05, 4.69) is 0 Å². The highest BCUT2D eigenvalue weighted by Gasteiger charge is 2.38. The molecule has 1 aliphatic carbocycles. The van der Waals surface area contributed by atoms with Crippen molar-refractivity contribution < 1.29 is 17.9 Å². The molecule has 0 aliphatic heterocycles. The second-order valence-corrected chi connectivity index (χ2v) is 7.63. The molecule has 18 heavy (non-hydrogen) atoms. The summed E-state index contributed by atoms with van der Waals surface area (Å²) in [6, 6.07) is 4.11. The first-order valence-electron chi connectivity index (χ1n) is 5.94. The predicted octanol–water partition coefficient (Wildman–Crippen LogP) is 2.03. The van der Waals surface area contributed by atoms with Crippen LogP contribution in [-0.4, -0.2) is 25.4 Å². The van der Waals surface area contributed by atoms with Gasteiger partial charge in [-0.15, -0.1) is 0 Å². The van der Waals surface area contributed by atoms with Crippen molar-refractivity contribution >= 4 is 9.84 Å². The van der Waals surface area contributed by atoms with Crippen LogP contribution in [0.2, 0.25) is 0 Å². The van der Waals surface area contributed by atoms with Crippen LogP contribution in [0.1, 0.15) is 32.3 Å². The first-order valence-corrected chi connectivity index (χ1v) is 7.48. The number of hydrogen-bond donors (Lipinski definition) is 1. The van der Waals surface area contributed by atoms with E-state index in [0.717, 1.165) is 0 Å². The molecule has 1 aliphatic rings. The van der Waals surface area contributed by atoms with Gasteiger partial charge in [-0.1, -0.05) is 19.9 Å². The summed E-state index contributed by atoms with van der Waals surface area (Å²) in [6.45, 7) is 3.43. The Morgan fingerprint density at radius 3 is 2.44 bits per heavy atom. The third-order valence-corrected chi connectivity index (χ3v) is 5.67. The number of hydrogen-bond acceptors (Lipinski definition) is 3. The summed E-state index contributed by atoms with van der Waals surface area (Å²) < 4.78 is 37.9. The molecule has 2 rings (SSSR count). The first-order chi connectivity index (χ1) is 8.29. The molecular weight excluding hydrogens is 255 g/mol. The summed E-state index contributed by atoms with van der Waals surface area (Å²) in [4.78, 5) is -0.220. The molecular formula is C13H17FO3S. The summed E-state index contributed by atoms with van der Waals surface area (Å²) in [5.74, 6) is -0.721. The van der Waals surface area contributed by atoms with Crippen molar-refractivity contribution in [1.82, 2.24) is 0 Å². The zero-order valence-electron chi connectivity index (χ0n) is 10.5. The van der Waals surface area contributed by atoms with Gasteiger partial charge in [0.05, 0.1) is 11.9 Å². The minimum atomic E-state index is -3.50. The Bertz CT molecular complexity index is 560. The maximum atomic E-state index is 13.9. The Morgan fingerprint density at radius 2 is 2.00 bits per heavy atom. The maximum Gasteiger partial charge on any atom is 0.184 e. The number of benzene rings is 1. The van der Waals surface area contributed by atoms with Crippen molar-refractivity contribution in [2.45, 2.75) is 42.2 Å². The van der Waals surface area contributed by atoms with Crippen molar-refractivity contribution in [1.29, 1.82) is 0 Å².